The van der Waals surface area contributed by atoms with Gasteiger partial charge in [0.25, 0.3) is 10.0 Å². The van der Waals surface area contributed by atoms with Crippen LogP contribution in [0.5, 0.6) is 0 Å². The first kappa shape index (κ1) is 19.5. The smallest absolute Gasteiger partial charge is 0.340 e. The molecular weight excluding hydrogens is 350 g/mol. The third-order valence-corrected chi connectivity index (χ3v) is 5.42. The molecule has 0 atom stereocenters. The van der Waals surface area contributed by atoms with Gasteiger partial charge in [-0.25, -0.2) is 13.2 Å². The average molecular weight is 371 g/mol. The van der Waals surface area contributed by atoms with Gasteiger partial charge in [0.1, 0.15) is 6.61 Å². The lowest BCUT2D eigenvalue weighted by atomic mass is 10.2. The Hall–Kier alpha value is -2.86. The summed E-state index contributed by atoms with van der Waals surface area (Å²) in [6, 6.07) is 12.9. The molecule has 0 aliphatic carbocycles. The lowest BCUT2D eigenvalue weighted by Gasteiger charge is -2.25. The molecule has 2 aromatic rings. The second-order valence-electron chi connectivity index (χ2n) is 5.54. The van der Waals surface area contributed by atoms with Gasteiger partial charge in [-0.15, -0.1) is 6.58 Å². The number of benzene rings is 2. The lowest BCUT2D eigenvalue weighted by molar-refractivity contribution is 0.0550. The van der Waals surface area contributed by atoms with Crippen molar-refractivity contribution >= 4 is 21.7 Å². The van der Waals surface area contributed by atoms with Crippen molar-refractivity contribution in [1.29, 1.82) is 0 Å². The van der Waals surface area contributed by atoms with Crippen LogP contribution in [0.3, 0.4) is 0 Å². The van der Waals surface area contributed by atoms with E-state index < -0.39 is 16.0 Å². The molecule has 0 saturated heterocycles. The van der Waals surface area contributed by atoms with Crippen LogP contribution in [0, 0.1) is 6.92 Å². The highest BCUT2D eigenvalue weighted by atomic mass is 32.2. The van der Waals surface area contributed by atoms with Crippen molar-refractivity contribution in [3.05, 3.63) is 85.0 Å². The predicted octanol–water partition coefficient (Wildman–Crippen LogP) is 3.72. The number of carbonyl (C=O) groups excluding carboxylic acids is 1. The molecule has 6 heteroatoms. The first-order chi connectivity index (χ1) is 12.4. The van der Waals surface area contributed by atoms with E-state index in [0.29, 0.717) is 0 Å². The van der Waals surface area contributed by atoms with Gasteiger partial charge < -0.3 is 4.74 Å². The van der Waals surface area contributed by atoms with Crippen LogP contribution in [0.2, 0.25) is 0 Å². The lowest BCUT2D eigenvalue weighted by Crippen LogP contribution is -2.32. The highest BCUT2D eigenvalue weighted by molar-refractivity contribution is 7.92. The third kappa shape index (κ3) is 4.21. The van der Waals surface area contributed by atoms with E-state index in [9.17, 15) is 13.2 Å². The van der Waals surface area contributed by atoms with E-state index in [1.54, 1.807) is 42.5 Å². The monoisotopic (exact) mass is 371 g/mol. The number of hydrogen-bond acceptors (Lipinski definition) is 4. The third-order valence-electron chi connectivity index (χ3n) is 3.63. The van der Waals surface area contributed by atoms with Gasteiger partial charge in [0, 0.05) is 0 Å². The first-order valence-electron chi connectivity index (χ1n) is 7.99. The number of esters is 1. The number of para-hydroxylation sites is 1. The maximum absolute atomic E-state index is 13.1. The largest absolute Gasteiger partial charge is 0.458 e. The molecule has 2 rings (SSSR count). The van der Waals surface area contributed by atoms with Crippen LogP contribution < -0.4 is 4.31 Å². The molecule has 0 unspecified atom stereocenters. The second-order valence-corrected chi connectivity index (χ2v) is 7.40. The second kappa shape index (κ2) is 8.49. The van der Waals surface area contributed by atoms with Gasteiger partial charge in [-0.1, -0.05) is 48.6 Å². The topological polar surface area (TPSA) is 63.7 Å². The SMILES string of the molecule is C=CCOC(=O)c1ccccc1N(CC=C)S(=O)(=O)c1ccc(C)cc1. The number of carbonyl (C=O) groups is 1. The summed E-state index contributed by atoms with van der Waals surface area (Å²) in [7, 11) is -3.88. The van der Waals surface area contributed by atoms with Crippen LogP contribution in [-0.4, -0.2) is 27.5 Å². The molecule has 0 radical (unpaired) electrons. The molecule has 0 aliphatic rings. The molecule has 0 aliphatic heterocycles. The van der Waals surface area contributed by atoms with Crippen molar-refractivity contribution in [3.63, 3.8) is 0 Å². The van der Waals surface area contributed by atoms with Crippen LogP contribution in [0.1, 0.15) is 15.9 Å². The van der Waals surface area contributed by atoms with E-state index in [0.717, 1.165) is 9.87 Å². The molecule has 0 bridgehead atoms. The van der Waals surface area contributed by atoms with Gasteiger partial charge in [-0.2, -0.15) is 0 Å². The zero-order chi connectivity index (χ0) is 19.2. The fraction of sp³-hybridized carbons (Fsp3) is 0.150. The number of hydrogen-bond donors (Lipinski definition) is 0. The van der Waals surface area contributed by atoms with Crippen molar-refractivity contribution in [3.8, 4) is 0 Å². The van der Waals surface area contributed by atoms with E-state index in [4.69, 9.17) is 4.74 Å². The van der Waals surface area contributed by atoms with E-state index in [1.165, 1.54) is 18.2 Å². The Bertz CT molecular complexity index is 902. The molecule has 0 amide bonds. The average Bonchev–Trinajstić information content (AvgIpc) is 2.64. The molecule has 26 heavy (non-hydrogen) atoms. The standard InChI is InChI=1S/C20H21NO4S/c1-4-14-21(26(23,24)17-12-10-16(3)11-13-17)19-9-7-6-8-18(19)20(22)25-15-5-2/h4-13H,1-2,14-15H2,3H3. The van der Waals surface area contributed by atoms with E-state index in [-0.39, 0.29) is 29.3 Å². The minimum Gasteiger partial charge on any atom is -0.458 e. The summed E-state index contributed by atoms with van der Waals surface area (Å²) >= 11 is 0. The van der Waals surface area contributed by atoms with Crippen molar-refractivity contribution in [2.45, 2.75) is 11.8 Å². The van der Waals surface area contributed by atoms with Gasteiger partial charge in [0.05, 0.1) is 22.7 Å². The predicted molar refractivity (Wildman–Crippen MR) is 103 cm³/mol. The Labute approximate surface area is 154 Å². The van der Waals surface area contributed by atoms with Crippen LogP contribution in [-0.2, 0) is 14.8 Å². The molecule has 0 N–H and O–H groups in total. The number of sulfonamides is 1. The van der Waals surface area contributed by atoms with E-state index in [1.807, 2.05) is 6.92 Å². The highest BCUT2D eigenvalue weighted by Gasteiger charge is 2.27. The Morgan fingerprint density at radius 3 is 2.35 bits per heavy atom. The maximum Gasteiger partial charge on any atom is 0.340 e. The Morgan fingerprint density at radius 1 is 1.08 bits per heavy atom. The summed E-state index contributed by atoms with van der Waals surface area (Å²) in [5.41, 5.74) is 1.35. The zero-order valence-electron chi connectivity index (χ0n) is 14.6. The number of nitrogens with zero attached hydrogens (tertiary/aromatic N) is 1. The first-order valence-corrected chi connectivity index (χ1v) is 9.43. The molecular formula is C20H21NO4S. The molecule has 5 nitrogen and oxygen atoms in total. The quantitative estimate of drug-likeness (QED) is 0.524. The minimum absolute atomic E-state index is 0.0158. The summed E-state index contributed by atoms with van der Waals surface area (Å²) < 4.78 is 32.5. The van der Waals surface area contributed by atoms with Crippen LogP contribution in [0.25, 0.3) is 0 Å². The van der Waals surface area contributed by atoms with Crippen molar-refractivity contribution in [2.75, 3.05) is 17.5 Å². The van der Waals surface area contributed by atoms with Crippen LogP contribution >= 0.6 is 0 Å². The molecule has 0 heterocycles. The normalized spacial score (nSPS) is 10.8. The van der Waals surface area contributed by atoms with Crippen molar-refractivity contribution < 1.29 is 17.9 Å². The van der Waals surface area contributed by atoms with Gasteiger partial charge in [-0.3, -0.25) is 4.31 Å². The Balaban J connectivity index is 2.54. The molecule has 136 valence electrons. The highest BCUT2D eigenvalue weighted by Crippen LogP contribution is 2.28. The van der Waals surface area contributed by atoms with Crippen LogP contribution in [0.15, 0.2) is 78.7 Å². The molecule has 0 spiro atoms. The number of anilines is 1. The summed E-state index contributed by atoms with van der Waals surface area (Å²) in [5, 5.41) is 0. The summed E-state index contributed by atoms with van der Waals surface area (Å²) in [5.74, 6) is -0.617. The Morgan fingerprint density at radius 2 is 1.73 bits per heavy atom. The fourth-order valence-corrected chi connectivity index (χ4v) is 3.81. The maximum atomic E-state index is 13.1. The van der Waals surface area contributed by atoms with Gasteiger partial charge in [0.15, 0.2) is 0 Å². The minimum atomic E-state index is -3.88. The molecule has 2 aromatic carbocycles. The summed E-state index contributed by atoms with van der Waals surface area (Å²) in [6.45, 7) is 9.07. The van der Waals surface area contributed by atoms with Gasteiger partial charge in [0.2, 0.25) is 0 Å². The number of rotatable bonds is 8. The summed E-state index contributed by atoms with van der Waals surface area (Å²) in [4.78, 5) is 12.5. The summed E-state index contributed by atoms with van der Waals surface area (Å²) in [6.07, 6.45) is 2.92. The zero-order valence-corrected chi connectivity index (χ0v) is 15.4. The Kier molecular flexibility index (Phi) is 6.36. The van der Waals surface area contributed by atoms with Crippen molar-refractivity contribution in [2.24, 2.45) is 0 Å². The number of aryl methyl sites for hydroxylation is 1. The molecule has 0 fully saturated rings. The van der Waals surface area contributed by atoms with Gasteiger partial charge >= 0.3 is 5.97 Å². The fourth-order valence-electron chi connectivity index (χ4n) is 2.36. The van der Waals surface area contributed by atoms with Crippen LogP contribution in [0.4, 0.5) is 5.69 Å². The van der Waals surface area contributed by atoms with E-state index >= 15 is 0 Å². The molecule has 0 aromatic heterocycles. The number of ether oxygens (including phenoxy) is 1. The van der Waals surface area contributed by atoms with Gasteiger partial charge in [-0.05, 0) is 31.2 Å². The van der Waals surface area contributed by atoms with E-state index in [2.05, 4.69) is 13.2 Å². The van der Waals surface area contributed by atoms with Crippen molar-refractivity contribution in [1.82, 2.24) is 0 Å². The molecule has 0 saturated carbocycles.